The van der Waals surface area contributed by atoms with Crippen LogP contribution in [0.25, 0.3) is 0 Å². The minimum Gasteiger partial charge on any atom is -0.383 e. The van der Waals surface area contributed by atoms with Crippen molar-refractivity contribution < 1.29 is 0 Å². The van der Waals surface area contributed by atoms with Crippen LogP contribution in [-0.2, 0) is 0 Å². The molecule has 0 aliphatic rings. The molecule has 12 heavy (non-hydrogen) atoms. The summed E-state index contributed by atoms with van der Waals surface area (Å²) in [6.45, 7) is 0. The van der Waals surface area contributed by atoms with E-state index in [1.165, 1.54) is 0 Å². The highest BCUT2D eigenvalue weighted by Gasteiger charge is 1.84. The molecule has 0 N–H and O–H groups in total. The van der Waals surface area contributed by atoms with Crippen LogP contribution in [0.1, 0.15) is 0 Å². The number of rotatable bonds is 3. The lowest BCUT2D eigenvalue weighted by atomic mass is 10.6. The van der Waals surface area contributed by atoms with Crippen molar-refractivity contribution in [2.75, 3.05) is 28.2 Å². The van der Waals surface area contributed by atoms with E-state index in [1.54, 1.807) is 12.4 Å². The smallest absolute Gasteiger partial charge is 0.129 e. The summed E-state index contributed by atoms with van der Waals surface area (Å²) in [6.07, 6.45) is 5.34. The van der Waals surface area contributed by atoms with Crippen molar-refractivity contribution in [3.63, 3.8) is 0 Å². The highest BCUT2D eigenvalue weighted by atomic mass is 32.1. The van der Waals surface area contributed by atoms with Gasteiger partial charge in [-0.15, -0.1) is 0 Å². The van der Waals surface area contributed by atoms with Gasteiger partial charge in [0.15, 0.2) is 0 Å². The van der Waals surface area contributed by atoms with E-state index in [2.05, 4.69) is 4.99 Å². The maximum absolute atomic E-state index is 4.95. The maximum atomic E-state index is 4.95. The van der Waals surface area contributed by atoms with Gasteiger partial charge in [-0.05, 0) is 6.08 Å². The molecular weight excluding hydrogens is 170 g/mol. The largest absolute Gasteiger partial charge is 0.383 e. The Hall–Kier alpha value is -0.900. The number of thiocarbonyl (C=S) groups is 1. The molecular formula is C8H15N3S. The van der Waals surface area contributed by atoms with Crippen LogP contribution in [0.5, 0.6) is 0 Å². The Morgan fingerprint density at radius 3 is 2.17 bits per heavy atom. The lowest BCUT2D eigenvalue weighted by Crippen LogP contribution is -2.09. The van der Waals surface area contributed by atoms with Crippen LogP contribution in [0.3, 0.4) is 0 Å². The second-order valence-corrected chi connectivity index (χ2v) is 3.24. The fourth-order valence-corrected chi connectivity index (χ4v) is 0.536. The first-order valence-corrected chi connectivity index (χ1v) is 4.02. The second kappa shape index (κ2) is 5.71. The van der Waals surface area contributed by atoms with Crippen molar-refractivity contribution in [3.8, 4) is 0 Å². The van der Waals surface area contributed by atoms with Crippen LogP contribution >= 0.6 is 12.2 Å². The fraction of sp³-hybridized carbons (Fsp3) is 0.500. The number of nitrogens with zero attached hydrogens (tertiary/aromatic N) is 3. The second-order valence-electron chi connectivity index (χ2n) is 2.83. The lowest BCUT2D eigenvalue weighted by Gasteiger charge is -2.03. The third-order valence-corrected chi connectivity index (χ3v) is 1.17. The minimum atomic E-state index is 0.581. The summed E-state index contributed by atoms with van der Waals surface area (Å²) in [7, 11) is 7.69. The Kier molecular flexibility index (Phi) is 5.28. The van der Waals surface area contributed by atoms with Gasteiger partial charge < -0.3 is 9.80 Å². The van der Waals surface area contributed by atoms with Gasteiger partial charge in [-0.3, -0.25) is 0 Å². The maximum Gasteiger partial charge on any atom is 0.129 e. The summed E-state index contributed by atoms with van der Waals surface area (Å²) in [4.78, 5) is 8.35. The Labute approximate surface area is 79.4 Å². The molecule has 0 fully saturated rings. The summed E-state index contributed by atoms with van der Waals surface area (Å²) in [5.74, 6) is 0. The third kappa shape index (κ3) is 7.21. The van der Waals surface area contributed by atoms with Crippen molar-refractivity contribution in [1.29, 1.82) is 0 Å². The Morgan fingerprint density at radius 2 is 1.75 bits per heavy atom. The molecule has 0 aliphatic carbocycles. The van der Waals surface area contributed by atoms with Gasteiger partial charge in [-0.2, -0.15) is 0 Å². The summed E-state index contributed by atoms with van der Waals surface area (Å²) >= 11 is 4.95. The predicted molar refractivity (Wildman–Crippen MR) is 57.6 cm³/mol. The van der Waals surface area contributed by atoms with Crippen LogP contribution in [0, 0.1) is 0 Å². The first-order valence-electron chi connectivity index (χ1n) is 3.61. The molecule has 0 bridgehead atoms. The SMILES string of the molecule is CN(C)C=NC(=S)/C=C/N(C)C. The Morgan fingerprint density at radius 1 is 1.17 bits per heavy atom. The summed E-state index contributed by atoms with van der Waals surface area (Å²) < 4.78 is 0. The normalized spacial score (nSPS) is 11.0. The average molecular weight is 185 g/mol. The van der Waals surface area contributed by atoms with Crippen LogP contribution in [0.2, 0.25) is 0 Å². The third-order valence-electron chi connectivity index (χ3n) is 0.931. The van der Waals surface area contributed by atoms with Gasteiger partial charge in [-0.1, -0.05) is 12.2 Å². The average Bonchev–Trinajstić information content (AvgIpc) is 1.96. The summed E-state index contributed by atoms with van der Waals surface area (Å²) in [5.41, 5.74) is 0. The molecule has 3 nitrogen and oxygen atoms in total. The van der Waals surface area contributed by atoms with Crippen molar-refractivity contribution in [2.24, 2.45) is 4.99 Å². The minimum absolute atomic E-state index is 0.581. The van der Waals surface area contributed by atoms with Gasteiger partial charge in [0, 0.05) is 34.4 Å². The van der Waals surface area contributed by atoms with E-state index < -0.39 is 0 Å². The molecule has 0 atom stereocenters. The van der Waals surface area contributed by atoms with E-state index in [0.29, 0.717) is 4.99 Å². The summed E-state index contributed by atoms with van der Waals surface area (Å²) in [6, 6.07) is 0. The standard InChI is InChI=1S/C8H15N3S/c1-10(2)6-5-8(12)9-7-11(3)4/h5-7H,1-4H3/b6-5+,9-7?. The number of aliphatic imine (C=N–C) groups is 1. The monoisotopic (exact) mass is 185 g/mol. The number of hydrogen-bond donors (Lipinski definition) is 0. The Balaban J connectivity index is 3.90. The van der Waals surface area contributed by atoms with Gasteiger partial charge in [0.2, 0.25) is 0 Å². The predicted octanol–water partition coefficient (Wildman–Crippen LogP) is 0.979. The zero-order chi connectivity index (χ0) is 9.56. The quantitative estimate of drug-likeness (QED) is 0.283. The molecule has 0 aromatic rings. The Bertz CT molecular complexity index is 174. The molecule has 0 amide bonds. The van der Waals surface area contributed by atoms with Crippen molar-refractivity contribution in [1.82, 2.24) is 9.80 Å². The molecule has 0 spiro atoms. The van der Waals surface area contributed by atoms with E-state index in [4.69, 9.17) is 12.2 Å². The molecule has 0 saturated carbocycles. The van der Waals surface area contributed by atoms with Crippen molar-refractivity contribution >= 4 is 23.5 Å². The topological polar surface area (TPSA) is 18.8 Å². The lowest BCUT2D eigenvalue weighted by molar-refractivity contribution is 0.564. The molecule has 0 radical (unpaired) electrons. The molecule has 0 heterocycles. The van der Waals surface area contributed by atoms with Crippen molar-refractivity contribution in [2.45, 2.75) is 0 Å². The van der Waals surface area contributed by atoms with Crippen LogP contribution < -0.4 is 0 Å². The highest BCUT2D eigenvalue weighted by molar-refractivity contribution is 7.80. The van der Waals surface area contributed by atoms with Gasteiger partial charge >= 0.3 is 0 Å². The molecule has 4 heteroatoms. The first kappa shape index (κ1) is 11.1. The molecule has 0 rings (SSSR count). The highest BCUT2D eigenvalue weighted by Crippen LogP contribution is 1.85. The molecule has 0 aliphatic heterocycles. The van der Waals surface area contributed by atoms with Crippen LogP contribution in [0.4, 0.5) is 0 Å². The molecule has 0 saturated heterocycles. The van der Waals surface area contributed by atoms with Gasteiger partial charge in [-0.25, -0.2) is 4.99 Å². The first-order chi connectivity index (χ1) is 5.52. The van der Waals surface area contributed by atoms with Gasteiger partial charge in [0.25, 0.3) is 0 Å². The van der Waals surface area contributed by atoms with Gasteiger partial charge in [0.1, 0.15) is 4.99 Å². The molecule has 0 aromatic heterocycles. The van der Waals surface area contributed by atoms with Gasteiger partial charge in [0.05, 0.1) is 6.34 Å². The number of hydrogen-bond acceptors (Lipinski definition) is 2. The van der Waals surface area contributed by atoms with E-state index in [-0.39, 0.29) is 0 Å². The molecule has 0 aromatic carbocycles. The summed E-state index contributed by atoms with van der Waals surface area (Å²) in [5, 5.41) is 0. The van der Waals surface area contributed by atoms with Crippen molar-refractivity contribution in [3.05, 3.63) is 12.3 Å². The zero-order valence-corrected chi connectivity index (χ0v) is 8.80. The van der Waals surface area contributed by atoms with E-state index in [9.17, 15) is 0 Å². The zero-order valence-electron chi connectivity index (χ0n) is 7.98. The fourth-order valence-electron chi connectivity index (χ4n) is 0.428. The molecule has 68 valence electrons. The van der Waals surface area contributed by atoms with E-state index >= 15 is 0 Å². The van der Waals surface area contributed by atoms with Crippen LogP contribution in [-0.4, -0.2) is 49.3 Å². The van der Waals surface area contributed by atoms with E-state index in [1.807, 2.05) is 44.2 Å². The van der Waals surface area contributed by atoms with E-state index in [0.717, 1.165) is 0 Å². The van der Waals surface area contributed by atoms with Crippen LogP contribution in [0.15, 0.2) is 17.3 Å². The molecule has 0 unspecified atom stereocenters.